The summed E-state index contributed by atoms with van der Waals surface area (Å²) in [5, 5.41) is 12.2. The van der Waals surface area contributed by atoms with E-state index in [4.69, 9.17) is 23.7 Å². The van der Waals surface area contributed by atoms with Crippen molar-refractivity contribution in [1.29, 1.82) is 0 Å². The predicted octanol–water partition coefficient (Wildman–Crippen LogP) is 0.465. The molecule has 0 bridgehead atoms. The normalized spacial score (nSPS) is 30.4. The molecule has 0 radical (unpaired) electrons. The van der Waals surface area contributed by atoms with Crippen molar-refractivity contribution in [3.05, 3.63) is 18.2 Å². The Hall–Kier alpha value is -2.23. The Bertz CT molecular complexity index is 782. The van der Waals surface area contributed by atoms with Crippen molar-refractivity contribution in [2.75, 3.05) is 33.5 Å². The van der Waals surface area contributed by atoms with E-state index >= 15 is 0 Å². The van der Waals surface area contributed by atoms with Gasteiger partial charge in [0, 0.05) is 12.7 Å². The van der Waals surface area contributed by atoms with Crippen LogP contribution in [0.3, 0.4) is 0 Å². The second kappa shape index (κ2) is 5.94. The van der Waals surface area contributed by atoms with E-state index in [1.807, 2.05) is 18.2 Å². The maximum atomic E-state index is 5.89. The van der Waals surface area contributed by atoms with Crippen molar-refractivity contribution >= 4 is 0 Å². The zero-order chi connectivity index (χ0) is 16.8. The number of benzene rings is 1. The molecule has 132 valence electrons. The summed E-state index contributed by atoms with van der Waals surface area (Å²) in [5.74, 6) is 2.09. The van der Waals surface area contributed by atoms with Crippen molar-refractivity contribution in [1.82, 2.24) is 20.2 Å². The lowest BCUT2D eigenvalue weighted by Gasteiger charge is -2.20. The van der Waals surface area contributed by atoms with E-state index in [0.717, 1.165) is 11.3 Å². The quantitative estimate of drug-likeness (QED) is 0.792. The molecular weight excluding hydrogens is 328 g/mol. The Morgan fingerprint density at radius 3 is 2.80 bits per heavy atom. The number of hydrogen-bond donors (Lipinski definition) is 0. The molecule has 4 heterocycles. The van der Waals surface area contributed by atoms with Gasteiger partial charge in [-0.05, 0) is 28.6 Å². The molecule has 0 N–H and O–H groups in total. The number of nitrogens with zero attached hydrogens (tertiary/aromatic N) is 4. The fourth-order valence-electron chi connectivity index (χ4n) is 3.65. The molecule has 0 unspecified atom stereocenters. The van der Waals surface area contributed by atoms with Gasteiger partial charge in [-0.25, -0.2) is 4.68 Å². The molecule has 1 aromatic carbocycles. The summed E-state index contributed by atoms with van der Waals surface area (Å²) in [6, 6.07) is 5.61. The summed E-state index contributed by atoms with van der Waals surface area (Å²) in [5.41, 5.74) is 0.860. The molecule has 3 aliphatic heterocycles. The van der Waals surface area contributed by atoms with Gasteiger partial charge in [0.2, 0.25) is 0 Å². The van der Waals surface area contributed by atoms with Crippen molar-refractivity contribution < 1.29 is 23.7 Å². The topological polar surface area (TPSA) is 89.8 Å². The van der Waals surface area contributed by atoms with Crippen LogP contribution in [-0.2, 0) is 14.2 Å². The van der Waals surface area contributed by atoms with E-state index in [1.54, 1.807) is 11.8 Å². The van der Waals surface area contributed by atoms with Gasteiger partial charge in [0.25, 0.3) is 0 Å². The van der Waals surface area contributed by atoms with Gasteiger partial charge in [-0.1, -0.05) is 0 Å². The zero-order valence-corrected chi connectivity index (χ0v) is 13.7. The number of aromatic nitrogens is 4. The van der Waals surface area contributed by atoms with E-state index < -0.39 is 0 Å². The number of rotatable bonds is 3. The summed E-state index contributed by atoms with van der Waals surface area (Å²) < 4.78 is 30.2. The first kappa shape index (κ1) is 15.1. The van der Waals surface area contributed by atoms with Crippen LogP contribution < -0.4 is 9.47 Å². The molecule has 2 saturated heterocycles. The Morgan fingerprint density at radius 1 is 1.08 bits per heavy atom. The van der Waals surface area contributed by atoms with Crippen LogP contribution in [0.2, 0.25) is 0 Å². The summed E-state index contributed by atoms with van der Waals surface area (Å²) in [7, 11) is 1.67. The highest BCUT2D eigenvalue weighted by Gasteiger charge is 2.49. The minimum Gasteiger partial charge on any atom is -0.486 e. The number of hydrogen-bond acceptors (Lipinski definition) is 8. The van der Waals surface area contributed by atoms with Gasteiger partial charge < -0.3 is 23.7 Å². The Labute approximate surface area is 143 Å². The van der Waals surface area contributed by atoms with Crippen molar-refractivity contribution in [3.63, 3.8) is 0 Å². The molecule has 0 spiro atoms. The van der Waals surface area contributed by atoms with Gasteiger partial charge >= 0.3 is 0 Å². The fraction of sp³-hybridized carbons (Fsp3) is 0.562. The first-order valence-corrected chi connectivity index (χ1v) is 8.29. The van der Waals surface area contributed by atoms with Crippen molar-refractivity contribution in [3.8, 4) is 22.9 Å². The van der Waals surface area contributed by atoms with E-state index in [-0.39, 0.29) is 24.4 Å². The largest absolute Gasteiger partial charge is 0.486 e. The highest BCUT2D eigenvalue weighted by molar-refractivity contribution is 5.61. The third-order valence-corrected chi connectivity index (χ3v) is 4.89. The van der Waals surface area contributed by atoms with Crippen LogP contribution in [-0.4, -0.2) is 72.1 Å². The number of tetrazole rings is 1. The van der Waals surface area contributed by atoms with E-state index in [2.05, 4.69) is 15.5 Å². The first-order chi connectivity index (χ1) is 12.3. The minimum atomic E-state index is -0.121. The molecule has 9 heteroatoms. The molecule has 0 aliphatic carbocycles. The standard InChI is InChI=1S/C16H18N4O5/c1-21-13-8-25-14-10(7-24-15(13)14)20-16(17-18-19-20)9-2-3-11-12(6-9)23-5-4-22-11/h2-3,6,10,13-15H,4-5,7-8H2,1H3/t10-,13+,14+,15+/m0/s1. The lowest BCUT2D eigenvalue weighted by atomic mass is 10.1. The van der Waals surface area contributed by atoms with Crippen LogP contribution in [0.15, 0.2) is 18.2 Å². The third kappa shape index (κ3) is 2.38. The third-order valence-electron chi connectivity index (χ3n) is 4.89. The SMILES string of the molecule is CO[C@@H]1CO[C@H]2[C@@H]1OC[C@@H]2n1nnnc1-c1ccc2c(c1)OCCO2. The minimum absolute atomic E-state index is 0.0516. The van der Waals surface area contributed by atoms with Gasteiger partial charge in [0.15, 0.2) is 17.3 Å². The van der Waals surface area contributed by atoms with Crippen molar-refractivity contribution in [2.45, 2.75) is 24.4 Å². The monoisotopic (exact) mass is 346 g/mol. The lowest BCUT2D eigenvalue weighted by molar-refractivity contribution is -0.00906. The molecule has 25 heavy (non-hydrogen) atoms. The molecule has 9 nitrogen and oxygen atoms in total. The molecule has 3 aliphatic rings. The highest BCUT2D eigenvalue weighted by atomic mass is 16.6. The summed E-state index contributed by atoms with van der Waals surface area (Å²) in [6.07, 6.45) is -0.263. The molecule has 5 rings (SSSR count). The molecule has 1 aromatic heterocycles. The van der Waals surface area contributed by atoms with Crippen molar-refractivity contribution in [2.24, 2.45) is 0 Å². The first-order valence-electron chi connectivity index (χ1n) is 8.29. The average molecular weight is 346 g/mol. The van der Waals surface area contributed by atoms with Gasteiger partial charge in [-0.3, -0.25) is 0 Å². The van der Waals surface area contributed by atoms with Crippen LogP contribution in [0.25, 0.3) is 11.4 Å². The second-order valence-corrected chi connectivity index (χ2v) is 6.24. The maximum Gasteiger partial charge on any atom is 0.182 e. The smallest absolute Gasteiger partial charge is 0.182 e. The van der Waals surface area contributed by atoms with Gasteiger partial charge in [0.1, 0.15) is 37.6 Å². The second-order valence-electron chi connectivity index (χ2n) is 6.24. The zero-order valence-electron chi connectivity index (χ0n) is 13.7. The van der Waals surface area contributed by atoms with Gasteiger partial charge in [-0.15, -0.1) is 5.10 Å². The fourth-order valence-corrected chi connectivity index (χ4v) is 3.65. The van der Waals surface area contributed by atoms with E-state index in [0.29, 0.717) is 38.0 Å². The highest BCUT2D eigenvalue weighted by Crippen LogP contribution is 2.38. The summed E-state index contributed by atoms with van der Waals surface area (Å²) >= 11 is 0. The van der Waals surface area contributed by atoms with Crippen LogP contribution in [0.1, 0.15) is 6.04 Å². The number of methoxy groups -OCH3 is 1. The molecule has 4 atom stereocenters. The van der Waals surface area contributed by atoms with E-state index in [9.17, 15) is 0 Å². The Balaban J connectivity index is 1.47. The lowest BCUT2D eigenvalue weighted by Crippen LogP contribution is -2.31. The van der Waals surface area contributed by atoms with Gasteiger partial charge in [0.05, 0.1) is 13.2 Å². The molecule has 2 fully saturated rings. The maximum absolute atomic E-state index is 5.89. The summed E-state index contributed by atoms with van der Waals surface area (Å²) in [6.45, 7) is 2.10. The number of ether oxygens (including phenoxy) is 5. The molecule has 0 amide bonds. The van der Waals surface area contributed by atoms with E-state index in [1.165, 1.54) is 0 Å². The number of fused-ring (bicyclic) bond motifs is 2. The Morgan fingerprint density at radius 2 is 1.92 bits per heavy atom. The van der Waals surface area contributed by atoms with Crippen LogP contribution in [0, 0.1) is 0 Å². The summed E-state index contributed by atoms with van der Waals surface area (Å²) in [4.78, 5) is 0. The molecule has 0 saturated carbocycles. The molecule has 2 aromatic rings. The average Bonchev–Trinajstić information content (AvgIpc) is 3.36. The molecular formula is C16H18N4O5. The Kier molecular flexibility index (Phi) is 3.58. The van der Waals surface area contributed by atoms with Gasteiger partial charge in [-0.2, -0.15) is 0 Å². The van der Waals surface area contributed by atoms with Crippen LogP contribution in [0.5, 0.6) is 11.5 Å². The predicted molar refractivity (Wildman–Crippen MR) is 83.6 cm³/mol. The van der Waals surface area contributed by atoms with Crippen LogP contribution >= 0.6 is 0 Å². The van der Waals surface area contributed by atoms with Crippen LogP contribution in [0.4, 0.5) is 0 Å².